The van der Waals surface area contributed by atoms with Crippen molar-refractivity contribution in [2.75, 3.05) is 47.0 Å². The van der Waals surface area contributed by atoms with Crippen LogP contribution in [0.15, 0.2) is 49.2 Å². The number of carbonyl (C=O) groups excluding carboxylic acids is 5. The number of likely N-dealkylation sites (N-methyl/N-ethyl adjacent to an activating group) is 1. The van der Waals surface area contributed by atoms with Gasteiger partial charge in [0.2, 0.25) is 17.7 Å². The van der Waals surface area contributed by atoms with E-state index in [1.54, 1.807) is 25.3 Å². The molecule has 3 aliphatic rings. The molecule has 0 saturated carbocycles. The Morgan fingerprint density at radius 3 is 2.60 bits per heavy atom. The summed E-state index contributed by atoms with van der Waals surface area (Å²) in [5.74, 6) is -1.74. The van der Waals surface area contributed by atoms with E-state index in [1.165, 1.54) is 27.5 Å². The van der Waals surface area contributed by atoms with Gasteiger partial charge in [-0.1, -0.05) is 34.3 Å². The van der Waals surface area contributed by atoms with Crippen LogP contribution in [-0.2, 0) is 52.8 Å². The molecule has 3 aromatic heterocycles. The van der Waals surface area contributed by atoms with Crippen LogP contribution in [0.1, 0.15) is 84.0 Å². The highest BCUT2D eigenvalue weighted by molar-refractivity contribution is 7.09. The van der Waals surface area contributed by atoms with Gasteiger partial charge in [0.05, 0.1) is 35.7 Å². The third-order valence-electron chi connectivity index (χ3n) is 13.4. The van der Waals surface area contributed by atoms with Gasteiger partial charge in [0, 0.05) is 85.2 Å². The SMILES string of the molecule is C=CC(=O)N1CCC([Si])(C(=O)N(C)[C@H](C(=O)N[C@H]2Cc3nsc(n3)-c3ccc4c(c3)c(c(-c3cccnc3[C@H](C)OC)n4CC)CC(C)(C)COC[C@]3(C(=O)[Si])CCCN(N3)C2=O)C(C)C)C1. The van der Waals surface area contributed by atoms with Crippen LogP contribution in [-0.4, -0.2) is 148 Å². The predicted octanol–water partition coefficient (Wildman–Crippen LogP) is 4.36. The number of ether oxygens (including phenoxy) is 2. The second-order valence-corrected chi connectivity index (χ2v) is 21.4. The number of hydrogen-bond donors (Lipinski definition) is 2. The molecule has 6 radical (unpaired) electrons. The van der Waals surface area contributed by atoms with Gasteiger partial charge in [-0.15, -0.1) is 0 Å². The van der Waals surface area contributed by atoms with Crippen molar-refractivity contribution in [3.63, 3.8) is 0 Å². The van der Waals surface area contributed by atoms with Gasteiger partial charge in [-0.05, 0) is 104 Å². The third kappa shape index (κ3) is 9.99. The van der Waals surface area contributed by atoms with Crippen LogP contribution in [0.5, 0.6) is 0 Å². The molecule has 3 aliphatic heterocycles. The Labute approximate surface area is 403 Å². The lowest BCUT2D eigenvalue weighted by Gasteiger charge is -2.43. The fourth-order valence-corrected chi connectivity index (χ4v) is 11.3. The minimum absolute atomic E-state index is 0.0330. The number of benzene rings is 1. The number of likely N-dealkylation sites (tertiary alicyclic amines) is 1. The number of nitrogens with zero attached hydrogens (tertiary/aromatic N) is 7. The smallest absolute Gasteiger partial charge is 0.259 e. The first-order valence-corrected chi connectivity index (χ1v) is 24.7. The lowest BCUT2D eigenvalue weighted by molar-refractivity contribution is -0.149. The number of hydrogen-bond acceptors (Lipinski definition) is 12. The van der Waals surface area contributed by atoms with Crippen molar-refractivity contribution in [2.45, 2.75) is 109 Å². The molecule has 16 nitrogen and oxygen atoms in total. The average Bonchev–Trinajstić information content (AvgIpc) is 4.03. The number of methoxy groups -OCH3 is 1. The normalized spacial score (nSPS) is 23.1. The van der Waals surface area contributed by atoms with Gasteiger partial charge in [0.15, 0.2) is 0 Å². The standard InChI is InChI=1S/C48H61N9O7SSi2/c1-10-37(58)55-21-18-48(67,25-55)44(61)54(8)39(28(3)4)41(59)50-34-23-36-51-42(65-52-36)30-15-16-35-32(22-30)33(40(56(35)11-2)31-14-12-19-49-38(31)29(5)63-9)24-46(6,7)26-64-27-47(45(62)66)17-13-20-57(53-47)43(34)60/h10,12,14-16,19,22,28-29,34,39,53H,1,11,13,17-18,20-21,23-27H2,2-9H3,(H,50,59)/t29-,34-,39-,47-,48?/m0/s1. The summed E-state index contributed by atoms with van der Waals surface area (Å²) in [5.41, 5.74) is 7.33. The van der Waals surface area contributed by atoms with Crippen molar-refractivity contribution in [1.29, 1.82) is 0 Å². The number of amides is 4. The first kappa shape index (κ1) is 50.0. The van der Waals surface area contributed by atoms with E-state index >= 15 is 0 Å². The molecule has 1 aromatic carbocycles. The van der Waals surface area contributed by atoms with Gasteiger partial charge >= 0.3 is 0 Å². The van der Waals surface area contributed by atoms with Crippen LogP contribution in [0.2, 0.25) is 5.04 Å². The number of rotatable bonds is 11. The van der Waals surface area contributed by atoms with Crippen LogP contribution in [0.25, 0.3) is 32.7 Å². The maximum atomic E-state index is 14.8. The van der Waals surface area contributed by atoms with E-state index in [4.69, 9.17) is 23.8 Å². The van der Waals surface area contributed by atoms with Crippen molar-refractivity contribution >= 4 is 72.0 Å². The second-order valence-electron chi connectivity index (χ2n) is 19.2. The van der Waals surface area contributed by atoms with Crippen molar-refractivity contribution in [1.82, 2.24) is 44.5 Å². The summed E-state index contributed by atoms with van der Waals surface area (Å²) in [5, 5.41) is 4.57. The van der Waals surface area contributed by atoms with Gasteiger partial charge in [0.1, 0.15) is 44.1 Å². The summed E-state index contributed by atoms with van der Waals surface area (Å²) in [4.78, 5) is 82.4. The highest BCUT2D eigenvalue weighted by Gasteiger charge is 2.47. The maximum Gasteiger partial charge on any atom is 0.259 e. The van der Waals surface area contributed by atoms with E-state index in [2.05, 4.69) is 81.3 Å². The molecule has 1 unspecified atom stereocenters. The number of fused-ring (bicyclic) bond motifs is 6. The predicted molar refractivity (Wildman–Crippen MR) is 258 cm³/mol. The first-order chi connectivity index (χ1) is 31.8. The van der Waals surface area contributed by atoms with Crippen molar-refractivity contribution in [3.05, 3.63) is 66.3 Å². The zero-order valence-electron chi connectivity index (χ0n) is 39.7. The number of carbonyl (C=O) groups is 5. The highest BCUT2D eigenvalue weighted by atomic mass is 32.1. The van der Waals surface area contributed by atoms with Crippen LogP contribution in [0, 0.1) is 11.3 Å². The lowest BCUT2D eigenvalue weighted by atomic mass is 9.84. The molecule has 19 heteroatoms. The zero-order valence-corrected chi connectivity index (χ0v) is 42.5. The zero-order chi connectivity index (χ0) is 48.6. The molecule has 4 amide bonds. The van der Waals surface area contributed by atoms with Gasteiger partial charge < -0.3 is 34.0 Å². The van der Waals surface area contributed by atoms with Crippen molar-refractivity contribution in [2.24, 2.45) is 11.3 Å². The molecule has 2 saturated heterocycles. The number of hydrazine groups is 1. The van der Waals surface area contributed by atoms with E-state index < -0.39 is 39.9 Å². The fraction of sp³-hybridized carbons (Fsp3) is 0.542. The highest BCUT2D eigenvalue weighted by Crippen LogP contribution is 2.42. The Balaban J connectivity index is 1.30. The third-order valence-corrected chi connectivity index (χ3v) is 15.3. The van der Waals surface area contributed by atoms with Crippen molar-refractivity contribution in [3.8, 4) is 21.8 Å². The fourth-order valence-electron chi connectivity index (χ4n) is 9.84. The quantitative estimate of drug-likeness (QED) is 0.161. The molecule has 0 aliphatic carbocycles. The molecule has 6 bridgehead atoms. The monoisotopic (exact) mass is 963 g/mol. The second kappa shape index (κ2) is 20.0. The van der Waals surface area contributed by atoms with Crippen LogP contribution in [0.4, 0.5) is 0 Å². The minimum atomic E-state index is -1.30. The van der Waals surface area contributed by atoms with Gasteiger partial charge in [-0.25, -0.2) is 10.4 Å². The molecule has 67 heavy (non-hydrogen) atoms. The number of pyridine rings is 1. The molecule has 6 heterocycles. The molecule has 5 atom stereocenters. The number of aromatic nitrogens is 4. The van der Waals surface area contributed by atoms with Crippen LogP contribution in [0.3, 0.4) is 0 Å². The summed E-state index contributed by atoms with van der Waals surface area (Å²) in [6.45, 7) is 17.3. The van der Waals surface area contributed by atoms with Crippen molar-refractivity contribution < 1.29 is 33.4 Å². The lowest BCUT2D eigenvalue weighted by Crippen LogP contribution is -2.68. The molecule has 7 rings (SSSR count). The summed E-state index contributed by atoms with van der Waals surface area (Å²) in [6, 6.07) is 8.14. The minimum Gasteiger partial charge on any atom is -0.378 e. The molecule has 0 spiro atoms. The van der Waals surface area contributed by atoms with E-state index in [0.29, 0.717) is 49.6 Å². The van der Waals surface area contributed by atoms with Gasteiger partial charge in [-0.2, -0.15) is 4.37 Å². The Bertz CT molecular complexity index is 2560. The van der Waals surface area contributed by atoms with Crippen LogP contribution >= 0.6 is 11.5 Å². The first-order valence-electron chi connectivity index (χ1n) is 22.9. The topological polar surface area (TPSA) is 181 Å². The van der Waals surface area contributed by atoms with Gasteiger partial charge in [0.25, 0.3) is 5.91 Å². The Morgan fingerprint density at radius 2 is 1.91 bits per heavy atom. The van der Waals surface area contributed by atoms with E-state index in [-0.39, 0.29) is 62.0 Å². The summed E-state index contributed by atoms with van der Waals surface area (Å²) in [7, 11) is 10.2. The Hall–Kier alpha value is -4.93. The largest absolute Gasteiger partial charge is 0.378 e. The maximum absolute atomic E-state index is 14.8. The Kier molecular flexibility index (Phi) is 14.9. The van der Waals surface area contributed by atoms with Gasteiger partial charge in [-0.3, -0.25) is 29.2 Å². The molecule has 354 valence electrons. The molecule has 2 fully saturated rings. The summed E-state index contributed by atoms with van der Waals surface area (Å²) in [6.07, 6.45) is 4.47. The van der Waals surface area contributed by atoms with E-state index in [1.807, 2.05) is 32.9 Å². The molecule has 2 N–H and O–H groups in total. The summed E-state index contributed by atoms with van der Waals surface area (Å²) < 4.78 is 19.4. The van der Waals surface area contributed by atoms with E-state index in [9.17, 15) is 24.0 Å². The number of aryl methyl sites for hydroxylation is 1. The molecular weight excluding hydrogens is 903 g/mol. The molecular formula is C48H61N9O7SSi2. The van der Waals surface area contributed by atoms with E-state index in [0.717, 1.165) is 39.0 Å². The summed E-state index contributed by atoms with van der Waals surface area (Å²) >= 11 is 1.21. The average molecular weight is 964 g/mol. The van der Waals surface area contributed by atoms with Crippen LogP contribution < -0.4 is 10.7 Å². The molecule has 4 aromatic rings. The number of nitrogens with one attached hydrogen (secondary N) is 2. The Morgan fingerprint density at radius 1 is 1.15 bits per heavy atom.